The number of amides is 1. The van der Waals surface area contributed by atoms with Crippen molar-refractivity contribution in [3.05, 3.63) is 28.8 Å². The van der Waals surface area contributed by atoms with Gasteiger partial charge >= 0.3 is 11.9 Å². The average Bonchev–Trinajstić information content (AvgIpc) is 3.07. The van der Waals surface area contributed by atoms with Gasteiger partial charge in [-0.25, -0.2) is 4.79 Å². The fourth-order valence-corrected chi connectivity index (χ4v) is 7.26. The summed E-state index contributed by atoms with van der Waals surface area (Å²) in [6, 6.07) is 1.72. The summed E-state index contributed by atoms with van der Waals surface area (Å²) in [7, 11) is 0. The highest BCUT2D eigenvalue weighted by Crippen LogP contribution is 2.66. The van der Waals surface area contributed by atoms with E-state index < -0.39 is 17.5 Å². The molecule has 5 rings (SSSR count). The van der Waals surface area contributed by atoms with Gasteiger partial charge in [-0.3, -0.25) is 9.59 Å². The molecular formula is C28H35NO6. The van der Waals surface area contributed by atoms with Crippen LogP contribution in [-0.4, -0.2) is 35.6 Å². The number of esters is 2. The fraction of sp³-hybridized carbons (Fsp3) is 0.607. The third-order valence-corrected chi connectivity index (χ3v) is 8.07. The molecule has 0 saturated heterocycles. The summed E-state index contributed by atoms with van der Waals surface area (Å²) in [6.07, 6.45) is 9.12. The number of carbonyl (C=O) groups is 3. The predicted molar refractivity (Wildman–Crippen MR) is 130 cm³/mol. The number of hydrogen-bond donors (Lipinski definition) is 1. The van der Waals surface area contributed by atoms with E-state index in [9.17, 15) is 14.4 Å². The summed E-state index contributed by atoms with van der Waals surface area (Å²) in [5.74, 6) is 1.12. The van der Waals surface area contributed by atoms with Crippen LogP contribution in [0.4, 0.5) is 0 Å². The van der Waals surface area contributed by atoms with Gasteiger partial charge in [0, 0.05) is 30.9 Å². The molecule has 7 nitrogen and oxygen atoms in total. The SMILES string of the molecule is CC(=O)N[C@H]1CCC2[C@@H]3CCC[C@@]24c2c(c(/C=C/C(=O)OC(C)(C)C)cc(OC(C)=O)c2O[C@@H]14)C3. The van der Waals surface area contributed by atoms with Gasteiger partial charge in [-0.05, 0) is 88.0 Å². The van der Waals surface area contributed by atoms with Crippen LogP contribution >= 0.6 is 0 Å². The lowest BCUT2D eigenvalue weighted by Gasteiger charge is -2.56. The van der Waals surface area contributed by atoms with E-state index in [1.165, 1.54) is 25.0 Å². The summed E-state index contributed by atoms with van der Waals surface area (Å²) in [6.45, 7) is 8.43. The van der Waals surface area contributed by atoms with Gasteiger partial charge < -0.3 is 19.5 Å². The quantitative estimate of drug-likeness (QED) is 0.393. The van der Waals surface area contributed by atoms with Crippen LogP contribution in [0.2, 0.25) is 0 Å². The van der Waals surface area contributed by atoms with E-state index in [0.29, 0.717) is 23.3 Å². The van der Waals surface area contributed by atoms with Crippen molar-refractivity contribution in [3.8, 4) is 11.5 Å². The maximum absolute atomic E-state index is 12.4. The summed E-state index contributed by atoms with van der Waals surface area (Å²) in [5.41, 5.74) is 2.36. The van der Waals surface area contributed by atoms with E-state index in [4.69, 9.17) is 14.2 Å². The predicted octanol–water partition coefficient (Wildman–Crippen LogP) is 4.24. The zero-order valence-electron chi connectivity index (χ0n) is 21.2. The van der Waals surface area contributed by atoms with E-state index in [-0.39, 0.29) is 23.5 Å². The largest absolute Gasteiger partial charge is 0.483 e. The molecule has 2 fully saturated rings. The molecule has 1 aromatic rings. The van der Waals surface area contributed by atoms with Gasteiger partial charge in [0.25, 0.3) is 0 Å². The molecule has 5 atom stereocenters. The molecule has 1 spiro atoms. The molecular weight excluding hydrogens is 446 g/mol. The molecule has 0 radical (unpaired) electrons. The van der Waals surface area contributed by atoms with Crippen LogP contribution in [0.1, 0.15) is 83.4 Å². The molecule has 1 N–H and O–H groups in total. The first-order chi connectivity index (χ1) is 16.5. The zero-order chi connectivity index (χ0) is 25.1. The molecule has 7 heteroatoms. The molecule has 4 aliphatic rings. The van der Waals surface area contributed by atoms with E-state index in [0.717, 1.165) is 43.2 Å². The molecule has 188 valence electrons. The number of ether oxygens (including phenoxy) is 3. The van der Waals surface area contributed by atoms with E-state index in [2.05, 4.69) is 5.32 Å². The summed E-state index contributed by atoms with van der Waals surface area (Å²) < 4.78 is 17.8. The van der Waals surface area contributed by atoms with Crippen LogP contribution in [0.25, 0.3) is 6.08 Å². The van der Waals surface area contributed by atoms with Gasteiger partial charge in [-0.15, -0.1) is 0 Å². The average molecular weight is 482 g/mol. The Morgan fingerprint density at radius 3 is 2.63 bits per heavy atom. The molecule has 1 unspecified atom stereocenters. The van der Waals surface area contributed by atoms with Crippen molar-refractivity contribution < 1.29 is 28.6 Å². The highest BCUT2D eigenvalue weighted by atomic mass is 16.6. The minimum absolute atomic E-state index is 0.0611. The number of hydrogen-bond acceptors (Lipinski definition) is 6. The second-order valence-corrected chi connectivity index (χ2v) is 11.5. The Balaban J connectivity index is 1.65. The Morgan fingerprint density at radius 2 is 1.94 bits per heavy atom. The first kappa shape index (κ1) is 23.9. The molecule has 1 aromatic carbocycles. The molecule has 2 saturated carbocycles. The van der Waals surface area contributed by atoms with Gasteiger partial charge in [0.1, 0.15) is 11.7 Å². The minimum Gasteiger partial charge on any atom is -0.483 e. The molecule has 1 heterocycles. The highest BCUT2D eigenvalue weighted by Gasteiger charge is 2.65. The smallest absolute Gasteiger partial charge is 0.331 e. The number of benzene rings is 1. The standard InChI is InChI=1S/C28H35NO6/c1-15(30)29-21-10-9-20-18-7-6-12-28(20)24-19(13-18)17(8-11-23(32)35-27(3,4)5)14-22(33-16(2)31)25(24)34-26(21)28/h8,11,14,18,20-21,26H,6-7,9-10,12-13H2,1-5H3,(H,29,30)/b11-8+/t18-,20?,21+,26+,28+/m1/s1. The molecule has 35 heavy (non-hydrogen) atoms. The molecule has 3 aliphatic carbocycles. The lowest BCUT2D eigenvalue weighted by atomic mass is 9.47. The van der Waals surface area contributed by atoms with Crippen molar-refractivity contribution in [2.45, 2.75) is 96.3 Å². The van der Waals surface area contributed by atoms with Gasteiger partial charge in [-0.1, -0.05) is 6.42 Å². The van der Waals surface area contributed by atoms with Gasteiger partial charge in [0.05, 0.1) is 6.04 Å². The third-order valence-electron chi connectivity index (χ3n) is 8.07. The Kier molecular flexibility index (Phi) is 5.72. The van der Waals surface area contributed by atoms with E-state index in [1.807, 2.05) is 26.8 Å². The molecule has 0 aromatic heterocycles. The summed E-state index contributed by atoms with van der Waals surface area (Å²) in [5, 5.41) is 3.14. The minimum atomic E-state index is -0.582. The fourth-order valence-electron chi connectivity index (χ4n) is 7.26. The third kappa shape index (κ3) is 4.03. The Hall–Kier alpha value is -2.83. The first-order valence-electron chi connectivity index (χ1n) is 12.7. The second-order valence-electron chi connectivity index (χ2n) is 11.5. The second kappa shape index (κ2) is 8.38. The monoisotopic (exact) mass is 481 g/mol. The highest BCUT2D eigenvalue weighted by molar-refractivity contribution is 5.88. The van der Waals surface area contributed by atoms with Crippen LogP contribution in [0.15, 0.2) is 12.1 Å². The Labute approximate surface area is 206 Å². The van der Waals surface area contributed by atoms with Gasteiger partial charge in [0.2, 0.25) is 5.91 Å². The maximum Gasteiger partial charge on any atom is 0.331 e. The van der Waals surface area contributed by atoms with Crippen LogP contribution in [-0.2, 0) is 31.0 Å². The van der Waals surface area contributed by atoms with Crippen LogP contribution < -0.4 is 14.8 Å². The lowest BCUT2D eigenvalue weighted by molar-refractivity contribution is -0.148. The van der Waals surface area contributed by atoms with E-state index in [1.54, 1.807) is 13.0 Å². The van der Waals surface area contributed by atoms with Gasteiger partial charge in [0.15, 0.2) is 11.5 Å². The van der Waals surface area contributed by atoms with Crippen molar-refractivity contribution in [1.29, 1.82) is 0 Å². The number of carbonyl (C=O) groups excluding carboxylic acids is 3. The van der Waals surface area contributed by atoms with Crippen molar-refractivity contribution in [1.82, 2.24) is 5.32 Å². The maximum atomic E-state index is 12.4. The van der Waals surface area contributed by atoms with Crippen molar-refractivity contribution in [3.63, 3.8) is 0 Å². The molecule has 2 bridgehead atoms. The Bertz CT molecular complexity index is 1120. The number of rotatable bonds is 4. The summed E-state index contributed by atoms with van der Waals surface area (Å²) >= 11 is 0. The van der Waals surface area contributed by atoms with Crippen molar-refractivity contribution >= 4 is 23.9 Å². The normalized spacial score (nSPS) is 30.3. The van der Waals surface area contributed by atoms with Gasteiger partial charge in [-0.2, -0.15) is 0 Å². The lowest BCUT2D eigenvalue weighted by Crippen LogP contribution is -2.63. The van der Waals surface area contributed by atoms with Crippen LogP contribution in [0, 0.1) is 11.8 Å². The van der Waals surface area contributed by atoms with E-state index >= 15 is 0 Å². The first-order valence-corrected chi connectivity index (χ1v) is 12.7. The Morgan fingerprint density at radius 1 is 1.17 bits per heavy atom. The van der Waals surface area contributed by atoms with Crippen LogP contribution in [0.3, 0.4) is 0 Å². The summed E-state index contributed by atoms with van der Waals surface area (Å²) in [4.78, 5) is 36.5. The van der Waals surface area contributed by atoms with Crippen molar-refractivity contribution in [2.75, 3.05) is 0 Å². The van der Waals surface area contributed by atoms with Crippen molar-refractivity contribution in [2.24, 2.45) is 11.8 Å². The number of nitrogens with one attached hydrogen (secondary N) is 1. The molecule has 1 aliphatic heterocycles. The topological polar surface area (TPSA) is 90.9 Å². The molecule has 1 amide bonds. The zero-order valence-corrected chi connectivity index (χ0v) is 21.2. The van der Waals surface area contributed by atoms with Crippen LogP contribution in [0.5, 0.6) is 11.5 Å².